The van der Waals surface area contributed by atoms with Gasteiger partial charge in [0.25, 0.3) is 0 Å². The first kappa shape index (κ1) is 6.26. The van der Waals surface area contributed by atoms with E-state index in [1.54, 1.807) is 13.8 Å². The summed E-state index contributed by atoms with van der Waals surface area (Å²) in [7, 11) is 0. The van der Waals surface area contributed by atoms with Crippen molar-refractivity contribution in [1.29, 1.82) is 0 Å². The lowest BCUT2D eigenvalue weighted by atomic mass is 10.00. The van der Waals surface area contributed by atoms with Gasteiger partial charge in [-0.15, -0.1) is 0 Å². The highest BCUT2D eigenvalue weighted by molar-refractivity contribution is 5.95. The van der Waals surface area contributed by atoms with E-state index < -0.39 is 11.9 Å². The van der Waals surface area contributed by atoms with Gasteiger partial charge >= 0.3 is 11.9 Å². The van der Waals surface area contributed by atoms with E-state index in [2.05, 4.69) is 4.74 Å². The van der Waals surface area contributed by atoms with E-state index in [-0.39, 0.29) is 11.8 Å². The van der Waals surface area contributed by atoms with Crippen LogP contribution in [-0.2, 0) is 14.3 Å². The summed E-state index contributed by atoms with van der Waals surface area (Å²) in [4.78, 5) is 21.1. The Kier molecular flexibility index (Phi) is 1.27. The molecule has 1 aliphatic rings. The van der Waals surface area contributed by atoms with Gasteiger partial charge in [-0.2, -0.15) is 0 Å². The smallest absolute Gasteiger partial charge is 0.317 e. The maximum Gasteiger partial charge on any atom is 0.317 e. The Morgan fingerprint density at radius 1 is 1.11 bits per heavy atom. The molecule has 2 atom stereocenters. The van der Waals surface area contributed by atoms with Gasteiger partial charge in [0.2, 0.25) is 0 Å². The molecule has 0 unspecified atom stereocenters. The molecule has 1 fully saturated rings. The highest BCUT2D eigenvalue weighted by Crippen LogP contribution is 2.21. The quantitative estimate of drug-likeness (QED) is 0.349. The number of carbonyl (C=O) groups excluding carboxylic acids is 2. The Morgan fingerprint density at radius 3 is 1.56 bits per heavy atom. The van der Waals surface area contributed by atoms with E-state index in [0.717, 1.165) is 0 Å². The number of hydrogen-bond acceptors (Lipinski definition) is 3. The molecule has 0 spiro atoms. The van der Waals surface area contributed by atoms with Crippen LogP contribution in [0, 0.1) is 11.8 Å². The van der Waals surface area contributed by atoms with Crippen LogP contribution in [-0.4, -0.2) is 11.9 Å². The molecule has 0 aliphatic carbocycles. The van der Waals surface area contributed by atoms with Crippen molar-refractivity contribution < 1.29 is 14.3 Å². The standard InChI is InChI=1S/C6H8O3/c1-3-4(2)6(8)9-5(3)7/h3-4H,1-2H3/t3-,4-/m0/s1. The van der Waals surface area contributed by atoms with Crippen LogP contribution in [0.4, 0.5) is 0 Å². The zero-order valence-electron chi connectivity index (χ0n) is 5.38. The summed E-state index contributed by atoms with van der Waals surface area (Å²) in [5.41, 5.74) is 0. The lowest BCUT2D eigenvalue weighted by molar-refractivity contribution is -0.153. The van der Waals surface area contributed by atoms with E-state index in [4.69, 9.17) is 0 Å². The van der Waals surface area contributed by atoms with E-state index in [0.29, 0.717) is 0 Å². The first-order valence-corrected chi connectivity index (χ1v) is 2.88. The highest BCUT2D eigenvalue weighted by atomic mass is 16.6. The summed E-state index contributed by atoms with van der Waals surface area (Å²) in [6, 6.07) is 0. The van der Waals surface area contributed by atoms with Gasteiger partial charge in [0.05, 0.1) is 11.8 Å². The topological polar surface area (TPSA) is 43.4 Å². The molecule has 0 aromatic rings. The number of hydrogen-bond donors (Lipinski definition) is 0. The van der Waals surface area contributed by atoms with Crippen LogP contribution in [0.2, 0.25) is 0 Å². The van der Waals surface area contributed by atoms with Crippen molar-refractivity contribution in [2.45, 2.75) is 13.8 Å². The molecule has 0 aromatic carbocycles. The lowest BCUT2D eigenvalue weighted by Crippen LogP contribution is -2.09. The normalized spacial score (nSPS) is 34.9. The van der Waals surface area contributed by atoms with E-state index >= 15 is 0 Å². The molecule has 1 aliphatic heterocycles. The predicted molar refractivity (Wildman–Crippen MR) is 29.4 cm³/mol. The van der Waals surface area contributed by atoms with Crippen LogP contribution >= 0.6 is 0 Å². The van der Waals surface area contributed by atoms with Crippen molar-refractivity contribution in [2.75, 3.05) is 0 Å². The molecule has 0 bridgehead atoms. The molecule has 0 N–H and O–H groups in total. The largest absolute Gasteiger partial charge is 0.393 e. The van der Waals surface area contributed by atoms with Gasteiger partial charge in [-0.3, -0.25) is 9.59 Å². The second kappa shape index (κ2) is 1.83. The number of ether oxygens (including phenoxy) is 1. The molecule has 0 radical (unpaired) electrons. The maximum absolute atomic E-state index is 10.6. The number of carbonyl (C=O) groups is 2. The molecule has 3 heteroatoms. The van der Waals surface area contributed by atoms with Crippen molar-refractivity contribution in [3.05, 3.63) is 0 Å². The van der Waals surface area contributed by atoms with Gasteiger partial charge < -0.3 is 4.74 Å². The van der Waals surface area contributed by atoms with Gasteiger partial charge in [-0.05, 0) is 0 Å². The minimum atomic E-state index is -0.396. The number of rotatable bonds is 0. The molecule has 1 saturated heterocycles. The lowest BCUT2D eigenvalue weighted by Gasteiger charge is -1.96. The van der Waals surface area contributed by atoms with Gasteiger partial charge in [-0.1, -0.05) is 13.8 Å². The molecule has 1 heterocycles. The monoisotopic (exact) mass is 128 g/mol. The second-order valence-electron chi connectivity index (χ2n) is 2.32. The average molecular weight is 128 g/mol. The molecule has 50 valence electrons. The summed E-state index contributed by atoms with van der Waals surface area (Å²) in [6.07, 6.45) is 0. The Morgan fingerprint density at radius 2 is 1.44 bits per heavy atom. The van der Waals surface area contributed by atoms with E-state index in [9.17, 15) is 9.59 Å². The fourth-order valence-corrected chi connectivity index (χ4v) is 0.693. The Labute approximate surface area is 53.0 Å². The molecule has 3 nitrogen and oxygen atoms in total. The first-order valence-electron chi connectivity index (χ1n) is 2.88. The third-order valence-electron chi connectivity index (χ3n) is 1.69. The third-order valence-corrected chi connectivity index (χ3v) is 1.69. The third kappa shape index (κ3) is 0.823. The van der Waals surface area contributed by atoms with Gasteiger partial charge in [0.1, 0.15) is 0 Å². The van der Waals surface area contributed by atoms with Crippen molar-refractivity contribution in [1.82, 2.24) is 0 Å². The van der Waals surface area contributed by atoms with Crippen LogP contribution in [0.15, 0.2) is 0 Å². The summed E-state index contributed by atoms with van der Waals surface area (Å²) >= 11 is 0. The minimum Gasteiger partial charge on any atom is -0.393 e. The maximum atomic E-state index is 10.6. The molecular weight excluding hydrogens is 120 g/mol. The number of cyclic esters (lactones) is 2. The van der Waals surface area contributed by atoms with Crippen molar-refractivity contribution in [2.24, 2.45) is 11.8 Å². The second-order valence-corrected chi connectivity index (χ2v) is 2.32. The minimum absolute atomic E-state index is 0.252. The van der Waals surface area contributed by atoms with Gasteiger partial charge in [-0.25, -0.2) is 0 Å². The molecule has 0 amide bonds. The SMILES string of the molecule is C[C@@H]1C(=O)OC(=O)[C@H]1C. The summed E-state index contributed by atoms with van der Waals surface area (Å²) in [5.74, 6) is -1.30. The van der Waals surface area contributed by atoms with Crippen LogP contribution < -0.4 is 0 Å². The summed E-state index contributed by atoms with van der Waals surface area (Å²) < 4.78 is 4.31. The van der Waals surface area contributed by atoms with Gasteiger partial charge in [0, 0.05) is 0 Å². The van der Waals surface area contributed by atoms with E-state index in [1.807, 2.05) is 0 Å². The zero-order valence-corrected chi connectivity index (χ0v) is 5.38. The van der Waals surface area contributed by atoms with Crippen LogP contribution in [0.5, 0.6) is 0 Å². The fraction of sp³-hybridized carbons (Fsp3) is 0.667. The molecule has 1 rings (SSSR count). The van der Waals surface area contributed by atoms with E-state index in [1.165, 1.54) is 0 Å². The van der Waals surface area contributed by atoms with Crippen LogP contribution in [0.1, 0.15) is 13.8 Å². The molecule has 0 aromatic heterocycles. The Hall–Kier alpha value is -0.860. The first-order chi connectivity index (χ1) is 4.13. The van der Waals surface area contributed by atoms with Crippen molar-refractivity contribution in [3.8, 4) is 0 Å². The zero-order chi connectivity index (χ0) is 7.02. The fourth-order valence-electron chi connectivity index (χ4n) is 0.693. The van der Waals surface area contributed by atoms with Crippen molar-refractivity contribution >= 4 is 11.9 Å². The average Bonchev–Trinajstić information content (AvgIpc) is 1.98. The Bertz CT molecular complexity index is 144. The molecule has 0 saturated carbocycles. The van der Waals surface area contributed by atoms with Crippen LogP contribution in [0.3, 0.4) is 0 Å². The predicted octanol–water partition coefficient (Wildman–Crippen LogP) is 0.342. The van der Waals surface area contributed by atoms with Crippen molar-refractivity contribution in [3.63, 3.8) is 0 Å². The molecule has 9 heavy (non-hydrogen) atoms. The highest BCUT2D eigenvalue weighted by Gasteiger charge is 2.37. The molecular formula is C6H8O3. The van der Waals surface area contributed by atoms with Gasteiger partial charge in [0.15, 0.2) is 0 Å². The summed E-state index contributed by atoms with van der Waals surface area (Å²) in [6.45, 7) is 3.38. The summed E-state index contributed by atoms with van der Waals surface area (Å²) in [5, 5.41) is 0. The Balaban J connectivity index is 2.77. The number of esters is 2. The van der Waals surface area contributed by atoms with Crippen LogP contribution in [0.25, 0.3) is 0 Å².